The summed E-state index contributed by atoms with van der Waals surface area (Å²) >= 11 is 12.1. The van der Waals surface area contributed by atoms with E-state index >= 15 is 0 Å². The molecule has 1 aromatic carbocycles. The Kier molecular flexibility index (Phi) is 7.63. The van der Waals surface area contributed by atoms with Gasteiger partial charge in [-0.15, -0.1) is 0 Å². The summed E-state index contributed by atoms with van der Waals surface area (Å²) in [5.41, 5.74) is 3.83. The Hall–Kier alpha value is -0.320. The molecule has 0 amide bonds. The second-order valence-electron chi connectivity index (χ2n) is 4.14. The topological polar surface area (TPSA) is 47.3 Å². The zero-order valence-electron chi connectivity index (χ0n) is 10.6. The Balaban J connectivity index is 2.48. The summed E-state index contributed by atoms with van der Waals surface area (Å²) in [6, 6.07) is 5.67. The summed E-state index contributed by atoms with van der Waals surface area (Å²) in [5.74, 6) is 5.56. The SMILES string of the molecule is CCOCCCC(Cc1cc(Cl)ccc1Cl)NN. The fourth-order valence-electron chi connectivity index (χ4n) is 1.79. The van der Waals surface area contributed by atoms with Gasteiger partial charge in [-0.1, -0.05) is 23.2 Å². The molecule has 0 bridgehead atoms. The van der Waals surface area contributed by atoms with Crippen molar-refractivity contribution in [1.29, 1.82) is 0 Å². The highest BCUT2D eigenvalue weighted by Crippen LogP contribution is 2.22. The van der Waals surface area contributed by atoms with Crippen LogP contribution in [-0.4, -0.2) is 19.3 Å². The molecule has 0 saturated carbocycles. The second kappa shape index (κ2) is 8.73. The van der Waals surface area contributed by atoms with E-state index in [0.717, 1.165) is 43.1 Å². The Morgan fingerprint density at radius 3 is 2.83 bits per heavy atom. The van der Waals surface area contributed by atoms with Crippen LogP contribution in [0.2, 0.25) is 10.0 Å². The minimum atomic E-state index is 0.182. The van der Waals surface area contributed by atoms with E-state index in [2.05, 4.69) is 5.43 Å². The molecule has 0 spiro atoms. The Morgan fingerprint density at radius 2 is 2.17 bits per heavy atom. The van der Waals surface area contributed by atoms with E-state index in [9.17, 15) is 0 Å². The monoisotopic (exact) mass is 290 g/mol. The number of hydrogen-bond donors (Lipinski definition) is 2. The molecule has 0 aromatic heterocycles. The first-order valence-corrected chi connectivity index (χ1v) is 6.90. The summed E-state index contributed by atoms with van der Waals surface area (Å²) in [6.07, 6.45) is 2.68. The highest BCUT2D eigenvalue weighted by Gasteiger charge is 2.10. The number of nitrogens with one attached hydrogen (secondary N) is 1. The number of halogens is 2. The van der Waals surface area contributed by atoms with E-state index in [1.54, 1.807) is 6.07 Å². The van der Waals surface area contributed by atoms with Crippen LogP contribution in [0.5, 0.6) is 0 Å². The van der Waals surface area contributed by atoms with Crippen molar-refractivity contribution >= 4 is 23.2 Å². The van der Waals surface area contributed by atoms with E-state index in [0.29, 0.717) is 5.02 Å². The standard InChI is InChI=1S/C13H20Cl2N2O/c1-2-18-7-3-4-12(17-16)9-10-8-11(14)5-6-13(10)15/h5-6,8,12,17H,2-4,7,9,16H2,1H3. The highest BCUT2D eigenvalue weighted by molar-refractivity contribution is 6.33. The largest absolute Gasteiger partial charge is 0.382 e. The third-order valence-electron chi connectivity index (χ3n) is 2.76. The van der Waals surface area contributed by atoms with E-state index in [1.807, 2.05) is 19.1 Å². The smallest absolute Gasteiger partial charge is 0.0466 e. The Labute approximate surface area is 119 Å². The average Bonchev–Trinajstić information content (AvgIpc) is 2.37. The number of benzene rings is 1. The Bertz CT molecular complexity index is 361. The Morgan fingerprint density at radius 1 is 1.39 bits per heavy atom. The lowest BCUT2D eigenvalue weighted by atomic mass is 10.0. The molecule has 5 heteroatoms. The van der Waals surface area contributed by atoms with Crippen LogP contribution in [0.1, 0.15) is 25.3 Å². The van der Waals surface area contributed by atoms with Crippen molar-refractivity contribution < 1.29 is 4.74 Å². The van der Waals surface area contributed by atoms with Crippen molar-refractivity contribution in [2.24, 2.45) is 5.84 Å². The van der Waals surface area contributed by atoms with Gasteiger partial charge in [0, 0.05) is 29.3 Å². The summed E-state index contributed by atoms with van der Waals surface area (Å²) < 4.78 is 5.31. The van der Waals surface area contributed by atoms with Gasteiger partial charge in [0.25, 0.3) is 0 Å². The summed E-state index contributed by atoms with van der Waals surface area (Å²) in [7, 11) is 0. The molecule has 0 radical (unpaired) electrons. The molecule has 0 heterocycles. The molecule has 0 saturated heterocycles. The van der Waals surface area contributed by atoms with E-state index < -0.39 is 0 Å². The van der Waals surface area contributed by atoms with Crippen molar-refractivity contribution in [3.05, 3.63) is 33.8 Å². The maximum atomic E-state index is 6.13. The van der Waals surface area contributed by atoms with Crippen LogP contribution in [0, 0.1) is 0 Å². The molecule has 0 aliphatic carbocycles. The molecule has 3 nitrogen and oxygen atoms in total. The lowest BCUT2D eigenvalue weighted by molar-refractivity contribution is 0.140. The molecule has 102 valence electrons. The average molecular weight is 291 g/mol. The van der Waals surface area contributed by atoms with Crippen LogP contribution in [-0.2, 0) is 11.2 Å². The van der Waals surface area contributed by atoms with Crippen LogP contribution < -0.4 is 11.3 Å². The quantitative estimate of drug-likeness (QED) is 0.439. The second-order valence-corrected chi connectivity index (χ2v) is 4.99. The number of hydrogen-bond acceptors (Lipinski definition) is 3. The molecule has 3 N–H and O–H groups in total. The fraction of sp³-hybridized carbons (Fsp3) is 0.538. The van der Waals surface area contributed by atoms with Gasteiger partial charge in [-0.05, 0) is 49.9 Å². The third kappa shape index (κ3) is 5.55. The van der Waals surface area contributed by atoms with Gasteiger partial charge in [0.1, 0.15) is 0 Å². The van der Waals surface area contributed by atoms with Crippen molar-refractivity contribution in [2.75, 3.05) is 13.2 Å². The van der Waals surface area contributed by atoms with E-state index in [-0.39, 0.29) is 6.04 Å². The maximum Gasteiger partial charge on any atom is 0.0466 e. The number of ether oxygens (including phenoxy) is 1. The highest BCUT2D eigenvalue weighted by atomic mass is 35.5. The molecule has 1 atom stereocenters. The zero-order chi connectivity index (χ0) is 13.4. The molecule has 18 heavy (non-hydrogen) atoms. The van der Waals surface area contributed by atoms with Crippen molar-refractivity contribution in [3.8, 4) is 0 Å². The molecular weight excluding hydrogens is 271 g/mol. The molecule has 0 aliphatic heterocycles. The molecule has 1 aromatic rings. The van der Waals surface area contributed by atoms with Crippen molar-refractivity contribution in [2.45, 2.75) is 32.2 Å². The number of rotatable bonds is 8. The first-order valence-electron chi connectivity index (χ1n) is 6.15. The van der Waals surface area contributed by atoms with Crippen LogP contribution in [0.4, 0.5) is 0 Å². The minimum Gasteiger partial charge on any atom is -0.382 e. The molecule has 0 aliphatic rings. The van der Waals surface area contributed by atoms with Crippen LogP contribution in [0.15, 0.2) is 18.2 Å². The lowest BCUT2D eigenvalue weighted by Gasteiger charge is -2.16. The predicted molar refractivity (Wildman–Crippen MR) is 77.0 cm³/mol. The first-order chi connectivity index (χ1) is 8.67. The molecule has 0 fully saturated rings. The summed E-state index contributed by atoms with van der Waals surface area (Å²) in [5, 5.41) is 1.42. The van der Waals surface area contributed by atoms with Gasteiger partial charge >= 0.3 is 0 Å². The van der Waals surface area contributed by atoms with E-state index in [4.69, 9.17) is 33.8 Å². The minimum absolute atomic E-state index is 0.182. The van der Waals surface area contributed by atoms with Gasteiger partial charge in [0.15, 0.2) is 0 Å². The maximum absolute atomic E-state index is 6.13. The molecule has 1 unspecified atom stereocenters. The number of hydrazine groups is 1. The molecular formula is C13H20Cl2N2O. The zero-order valence-corrected chi connectivity index (χ0v) is 12.1. The van der Waals surface area contributed by atoms with Crippen molar-refractivity contribution in [1.82, 2.24) is 5.43 Å². The van der Waals surface area contributed by atoms with Gasteiger partial charge in [-0.3, -0.25) is 11.3 Å². The first kappa shape index (κ1) is 15.7. The van der Waals surface area contributed by atoms with Crippen LogP contribution in [0.3, 0.4) is 0 Å². The van der Waals surface area contributed by atoms with Gasteiger partial charge < -0.3 is 4.74 Å². The van der Waals surface area contributed by atoms with Crippen LogP contribution in [0.25, 0.3) is 0 Å². The van der Waals surface area contributed by atoms with Gasteiger partial charge in [0.05, 0.1) is 0 Å². The summed E-state index contributed by atoms with van der Waals surface area (Å²) in [4.78, 5) is 0. The fourth-order valence-corrected chi connectivity index (χ4v) is 2.18. The van der Waals surface area contributed by atoms with Gasteiger partial charge in [0.2, 0.25) is 0 Å². The molecule has 1 rings (SSSR count). The number of nitrogens with two attached hydrogens (primary N) is 1. The van der Waals surface area contributed by atoms with E-state index in [1.165, 1.54) is 0 Å². The van der Waals surface area contributed by atoms with Gasteiger partial charge in [-0.2, -0.15) is 0 Å². The predicted octanol–water partition coefficient (Wildman–Crippen LogP) is 3.18. The summed E-state index contributed by atoms with van der Waals surface area (Å²) in [6.45, 7) is 3.50. The third-order valence-corrected chi connectivity index (χ3v) is 3.36. The van der Waals surface area contributed by atoms with Gasteiger partial charge in [-0.25, -0.2) is 0 Å². The lowest BCUT2D eigenvalue weighted by Crippen LogP contribution is -2.37. The normalized spacial score (nSPS) is 12.7. The van der Waals surface area contributed by atoms with Crippen LogP contribution >= 0.6 is 23.2 Å². The van der Waals surface area contributed by atoms with Crippen molar-refractivity contribution in [3.63, 3.8) is 0 Å².